The molecule has 0 spiro atoms. The van der Waals surface area contributed by atoms with Crippen molar-refractivity contribution in [3.8, 4) is 5.75 Å². The fraction of sp³-hybridized carbons (Fsp3) is 0.160. The Kier molecular flexibility index (Phi) is 5.65. The molecule has 1 fully saturated rings. The number of aryl methyl sites for hydroxylation is 1. The molecular formula is C25H23NO4S. The van der Waals surface area contributed by atoms with Gasteiger partial charge in [-0.25, -0.2) is 12.7 Å². The Morgan fingerprint density at radius 2 is 1.55 bits per heavy atom. The van der Waals surface area contributed by atoms with Crippen molar-refractivity contribution in [2.75, 3.05) is 7.11 Å². The number of rotatable bonds is 6. The Balaban J connectivity index is 1.72. The van der Waals surface area contributed by atoms with Gasteiger partial charge in [0.1, 0.15) is 5.75 Å². The van der Waals surface area contributed by atoms with Gasteiger partial charge in [-0.2, -0.15) is 0 Å². The van der Waals surface area contributed by atoms with Crippen molar-refractivity contribution in [2.24, 2.45) is 5.92 Å². The molecule has 1 saturated heterocycles. The van der Waals surface area contributed by atoms with Crippen LogP contribution < -0.4 is 4.74 Å². The van der Waals surface area contributed by atoms with E-state index in [0.29, 0.717) is 5.75 Å². The molecule has 1 amide bonds. The molecule has 0 unspecified atom stereocenters. The highest BCUT2D eigenvalue weighted by Crippen LogP contribution is 2.45. The number of hydrogen-bond acceptors (Lipinski definition) is 4. The molecular weight excluding hydrogens is 410 g/mol. The van der Waals surface area contributed by atoms with Gasteiger partial charge in [0.2, 0.25) is 5.91 Å². The van der Waals surface area contributed by atoms with E-state index in [2.05, 4.69) is 0 Å². The normalized spacial score (nSPS) is 18.8. The first-order valence-electron chi connectivity index (χ1n) is 9.94. The van der Waals surface area contributed by atoms with Crippen molar-refractivity contribution < 1.29 is 17.9 Å². The quantitative estimate of drug-likeness (QED) is 0.533. The van der Waals surface area contributed by atoms with Gasteiger partial charge in [-0.15, -0.1) is 0 Å². The van der Waals surface area contributed by atoms with Crippen molar-refractivity contribution in [3.05, 3.63) is 102 Å². The number of benzene rings is 3. The summed E-state index contributed by atoms with van der Waals surface area (Å²) in [6, 6.07) is 22.7. The van der Waals surface area contributed by atoms with E-state index in [4.69, 9.17) is 4.74 Å². The lowest BCUT2D eigenvalue weighted by atomic mass is 9.84. The van der Waals surface area contributed by atoms with Gasteiger partial charge in [-0.3, -0.25) is 4.79 Å². The molecule has 5 nitrogen and oxygen atoms in total. The van der Waals surface area contributed by atoms with Crippen molar-refractivity contribution in [1.29, 1.82) is 0 Å². The molecule has 31 heavy (non-hydrogen) atoms. The van der Waals surface area contributed by atoms with E-state index in [1.807, 2.05) is 43.3 Å². The van der Waals surface area contributed by atoms with Gasteiger partial charge in [-0.1, -0.05) is 72.3 Å². The van der Waals surface area contributed by atoms with Gasteiger partial charge in [0, 0.05) is 0 Å². The SMILES string of the molecule is COc1ccc([C@@H]2[C@@H](/C=C\c3ccccc3)C(=O)N2S(=O)(=O)c2ccc(C)cc2)cc1. The van der Waals surface area contributed by atoms with E-state index in [1.165, 1.54) is 12.1 Å². The smallest absolute Gasteiger partial charge is 0.267 e. The number of β-lactam (4-membered cyclic amide) rings is 1. The van der Waals surface area contributed by atoms with Crippen LogP contribution >= 0.6 is 0 Å². The first kappa shape index (κ1) is 20.9. The maximum atomic E-state index is 13.3. The molecule has 1 aliphatic rings. The molecule has 3 aromatic carbocycles. The maximum Gasteiger partial charge on any atom is 0.267 e. The lowest BCUT2D eigenvalue weighted by molar-refractivity contribution is -0.143. The molecule has 1 heterocycles. The van der Waals surface area contributed by atoms with E-state index >= 15 is 0 Å². The zero-order valence-corrected chi connectivity index (χ0v) is 18.1. The number of sulfonamides is 1. The predicted molar refractivity (Wildman–Crippen MR) is 120 cm³/mol. The summed E-state index contributed by atoms with van der Waals surface area (Å²) in [5, 5.41) is 0. The third kappa shape index (κ3) is 3.99. The molecule has 0 N–H and O–H groups in total. The predicted octanol–water partition coefficient (Wildman–Crippen LogP) is 4.61. The van der Waals surface area contributed by atoms with Gasteiger partial charge >= 0.3 is 0 Å². The molecule has 0 saturated carbocycles. The van der Waals surface area contributed by atoms with Gasteiger partial charge in [0.05, 0.1) is 24.0 Å². The minimum absolute atomic E-state index is 0.107. The summed E-state index contributed by atoms with van der Waals surface area (Å²) in [7, 11) is -2.41. The molecule has 158 valence electrons. The van der Waals surface area contributed by atoms with E-state index in [1.54, 1.807) is 49.6 Å². The van der Waals surface area contributed by atoms with Crippen LogP contribution in [-0.4, -0.2) is 25.7 Å². The van der Waals surface area contributed by atoms with E-state index < -0.39 is 27.9 Å². The number of ether oxygens (including phenoxy) is 1. The standard InChI is InChI=1S/C25H23NO4S/c1-18-8-15-22(16-9-18)31(28,29)26-24(20-11-13-21(30-2)14-12-20)23(25(26)27)17-10-19-6-4-3-5-7-19/h3-17,23-24H,1-2H3/b17-10-/t23-,24-/m1/s1. The molecule has 3 aromatic rings. The molecule has 0 aliphatic carbocycles. The van der Waals surface area contributed by atoms with Crippen LogP contribution in [-0.2, 0) is 14.8 Å². The highest BCUT2D eigenvalue weighted by Gasteiger charge is 2.53. The molecule has 0 aromatic heterocycles. The fourth-order valence-electron chi connectivity index (χ4n) is 3.68. The third-order valence-electron chi connectivity index (χ3n) is 5.43. The van der Waals surface area contributed by atoms with E-state index in [-0.39, 0.29) is 4.90 Å². The number of nitrogens with zero attached hydrogens (tertiary/aromatic N) is 1. The van der Waals surface area contributed by atoms with Crippen LogP contribution in [0.4, 0.5) is 0 Å². The molecule has 1 aliphatic heterocycles. The summed E-state index contributed by atoms with van der Waals surface area (Å²) in [6.45, 7) is 1.88. The van der Waals surface area contributed by atoms with Gasteiger partial charge in [0.25, 0.3) is 10.0 Å². The van der Waals surface area contributed by atoms with Gasteiger partial charge in [-0.05, 0) is 42.3 Å². The van der Waals surface area contributed by atoms with Crippen LogP contribution in [0.2, 0.25) is 0 Å². The first-order chi connectivity index (χ1) is 14.9. The summed E-state index contributed by atoms with van der Waals surface area (Å²) in [6.07, 6.45) is 3.64. The Hall–Kier alpha value is -3.38. The number of methoxy groups -OCH3 is 1. The lowest BCUT2D eigenvalue weighted by Crippen LogP contribution is -2.56. The summed E-state index contributed by atoms with van der Waals surface area (Å²) in [5.74, 6) is -0.346. The fourth-order valence-corrected chi connectivity index (χ4v) is 5.30. The average molecular weight is 434 g/mol. The monoisotopic (exact) mass is 433 g/mol. The van der Waals surface area contributed by atoms with Crippen molar-refractivity contribution >= 4 is 22.0 Å². The molecule has 6 heteroatoms. The van der Waals surface area contributed by atoms with Crippen LogP contribution in [0.3, 0.4) is 0 Å². The topological polar surface area (TPSA) is 63.7 Å². The second-order valence-electron chi connectivity index (χ2n) is 7.47. The highest BCUT2D eigenvalue weighted by molar-refractivity contribution is 7.89. The van der Waals surface area contributed by atoms with Crippen LogP contribution in [0.5, 0.6) is 5.75 Å². The number of amides is 1. The van der Waals surface area contributed by atoms with Gasteiger partial charge < -0.3 is 4.74 Å². The first-order valence-corrected chi connectivity index (χ1v) is 11.4. The molecule has 0 bridgehead atoms. The summed E-state index contributed by atoms with van der Waals surface area (Å²) < 4.78 is 32.9. The van der Waals surface area contributed by atoms with Gasteiger partial charge in [0.15, 0.2) is 0 Å². The van der Waals surface area contributed by atoms with Crippen molar-refractivity contribution in [2.45, 2.75) is 17.9 Å². The summed E-state index contributed by atoms with van der Waals surface area (Å²) in [4.78, 5) is 13.2. The summed E-state index contributed by atoms with van der Waals surface area (Å²) >= 11 is 0. The highest BCUT2D eigenvalue weighted by atomic mass is 32.2. The Morgan fingerprint density at radius 1 is 0.903 bits per heavy atom. The van der Waals surface area contributed by atoms with Crippen LogP contribution in [0.15, 0.2) is 89.8 Å². The molecule has 0 radical (unpaired) electrons. The molecule has 2 atom stereocenters. The number of carbonyl (C=O) groups excluding carboxylic acids is 1. The third-order valence-corrected chi connectivity index (χ3v) is 7.22. The van der Waals surface area contributed by atoms with Crippen LogP contribution in [0.25, 0.3) is 6.08 Å². The zero-order valence-electron chi connectivity index (χ0n) is 17.3. The van der Waals surface area contributed by atoms with Crippen LogP contribution in [0, 0.1) is 12.8 Å². The van der Waals surface area contributed by atoms with E-state index in [0.717, 1.165) is 21.0 Å². The van der Waals surface area contributed by atoms with Crippen molar-refractivity contribution in [1.82, 2.24) is 4.31 Å². The average Bonchev–Trinajstić information content (AvgIpc) is 2.78. The largest absolute Gasteiger partial charge is 0.497 e. The Bertz CT molecular complexity index is 1200. The second-order valence-corrected chi connectivity index (χ2v) is 9.28. The lowest BCUT2D eigenvalue weighted by Gasteiger charge is -2.45. The van der Waals surface area contributed by atoms with Crippen molar-refractivity contribution in [3.63, 3.8) is 0 Å². The minimum Gasteiger partial charge on any atom is -0.497 e. The molecule has 4 rings (SSSR count). The number of carbonyl (C=O) groups is 1. The Labute approximate surface area is 182 Å². The minimum atomic E-state index is -3.98. The summed E-state index contributed by atoms with van der Waals surface area (Å²) in [5.41, 5.74) is 2.63. The Morgan fingerprint density at radius 3 is 2.16 bits per heavy atom. The van der Waals surface area contributed by atoms with Crippen LogP contribution in [0.1, 0.15) is 22.7 Å². The van der Waals surface area contributed by atoms with E-state index in [9.17, 15) is 13.2 Å². The number of hydrogen-bond donors (Lipinski definition) is 0. The second kappa shape index (κ2) is 8.40. The zero-order chi connectivity index (χ0) is 22.0. The maximum absolute atomic E-state index is 13.3.